The minimum atomic E-state index is -1.26. The highest BCUT2D eigenvalue weighted by Crippen LogP contribution is 2.35. The summed E-state index contributed by atoms with van der Waals surface area (Å²) in [7, 11) is 1.50. The first-order chi connectivity index (χ1) is 14.3. The number of esters is 1. The Balaban J connectivity index is 2.00. The molecule has 0 radical (unpaired) electrons. The summed E-state index contributed by atoms with van der Waals surface area (Å²) in [6, 6.07) is 3.66. The largest absolute Gasteiger partial charge is 0.478 e. The van der Waals surface area contributed by atoms with Crippen LogP contribution in [0.25, 0.3) is 10.2 Å². The lowest BCUT2D eigenvalue weighted by Gasteiger charge is -2.09. The summed E-state index contributed by atoms with van der Waals surface area (Å²) in [5.74, 6) is -2.73. The first kappa shape index (κ1) is 21.1. The van der Waals surface area contributed by atoms with Gasteiger partial charge in [-0.2, -0.15) is 0 Å². The fourth-order valence-electron chi connectivity index (χ4n) is 2.73. The molecule has 0 amide bonds. The van der Waals surface area contributed by atoms with Crippen molar-refractivity contribution >= 4 is 51.0 Å². The Morgan fingerprint density at radius 3 is 2.33 bits per heavy atom. The number of aromatic nitrogens is 2. The standard InChI is InChI=1S/C19H17N3O7S/c1-9-13-15(22-12-6-10(17(23)24)5-11(7-12)18(25)26)20-8-21-16(13)30-14(9)19(27)29-4-3-28-2/h5-8H,3-4H2,1-2H3,(H,23,24)(H,25,26)(H,20,21,22). The van der Waals surface area contributed by atoms with E-state index in [1.54, 1.807) is 6.92 Å². The smallest absolute Gasteiger partial charge is 0.348 e. The van der Waals surface area contributed by atoms with Gasteiger partial charge in [0, 0.05) is 12.8 Å². The van der Waals surface area contributed by atoms with Crippen LogP contribution in [-0.2, 0) is 9.47 Å². The van der Waals surface area contributed by atoms with E-state index in [1.165, 1.54) is 25.6 Å². The molecule has 3 aromatic rings. The number of anilines is 2. The van der Waals surface area contributed by atoms with Gasteiger partial charge >= 0.3 is 17.9 Å². The first-order valence-corrected chi connectivity index (χ1v) is 9.42. The molecule has 11 heteroatoms. The Labute approximate surface area is 174 Å². The topological polar surface area (TPSA) is 148 Å². The predicted molar refractivity (Wildman–Crippen MR) is 108 cm³/mol. The molecule has 2 heterocycles. The molecule has 0 unspecified atom stereocenters. The van der Waals surface area contributed by atoms with Crippen LogP contribution in [0.15, 0.2) is 24.5 Å². The van der Waals surface area contributed by atoms with Gasteiger partial charge < -0.3 is 25.0 Å². The van der Waals surface area contributed by atoms with Crippen molar-refractivity contribution in [3.05, 3.63) is 46.1 Å². The van der Waals surface area contributed by atoms with Gasteiger partial charge in [0.05, 0.1) is 23.1 Å². The molecule has 0 saturated heterocycles. The van der Waals surface area contributed by atoms with Crippen LogP contribution in [-0.4, -0.2) is 58.4 Å². The first-order valence-electron chi connectivity index (χ1n) is 8.60. The van der Waals surface area contributed by atoms with E-state index in [0.717, 1.165) is 17.4 Å². The Morgan fingerprint density at radius 1 is 1.07 bits per heavy atom. The number of thiophene rings is 1. The second-order valence-corrected chi connectivity index (χ2v) is 7.12. The number of fused-ring (bicyclic) bond motifs is 1. The maximum Gasteiger partial charge on any atom is 0.348 e. The monoisotopic (exact) mass is 431 g/mol. The van der Waals surface area contributed by atoms with Crippen molar-refractivity contribution in [3.8, 4) is 0 Å². The van der Waals surface area contributed by atoms with Crippen LogP contribution in [0, 0.1) is 6.92 Å². The lowest BCUT2D eigenvalue weighted by Crippen LogP contribution is -2.09. The number of rotatable bonds is 8. The van der Waals surface area contributed by atoms with Crippen LogP contribution in [0.3, 0.4) is 0 Å². The zero-order valence-electron chi connectivity index (χ0n) is 16.0. The van der Waals surface area contributed by atoms with E-state index in [2.05, 4.69) is 15.3 Å². The van der Waals surface area contributed by atoms with Crippen molar-refractivity contribution < 1.29 is 34.1 Å². The number of hydrogen-bond acceptors (Lipinski definition) is 9. The number of ether oxygens (including phenoxy) is 2. The number of hydrogen-bond donors (Lipinski definition) is 3. The highest BCUT2D eigenvalue weighted by molar-refractivity contribution is 7.20. The summed E-state index contributed by atoms with van der Waals surface area (Å²) in [5.41, 5.74) is 0.440. The van der Waals surface area contributed by atoms with Gasteiger partial charge in [-0.3, -0.25) is 0 Å². The maximum absolute atomic E-state index is 12.4. The minimum absolute atomic E-state index is 0.111. The average Bonchev–Trinajstić information content (AvgIpc) is 3.05. The normalized spacial score (nSPS) is 10.7. The average molecular weight is 431 g/mol. The number of carbonyl (C=O) groups excluding carboxylic acids is 1. The lowest BCUT2D eigenvalue weighted by molar-refractivity contribution is 0.0392. The van der Waals surface area contributed by atoms with Gasteiger partial charge in [-0.05, 0) is 30.7 Å². The summed E-state index contributed by atoms with van der Waals surface area (Å²) in [6.07, 6.45) is 1.29. The fourth-order valence-corrected chi connectivity index (χ4v) is 3.77. The second-order valence-electron chi connectivity index (χ2n) is 6.12. The van der Waals surface area contributed by atoms with Gasteiger partial charge in [0.25, 0.3) is 0 Å². The molecule has 10 nitrogen and oxygen atoms in total. The summed E-state index contributed by atoms with van der Waals surface area (Å²) in [4.78, 5) is 44.2. The maximum atomic E-state index is 12.4. The molecular formula is C19H17N3O7S. The second kappa shape index (κ2) is 8.84. The molecule has 0 atom stereocenters. The molecule has 2 aromatic heterocycles. The van der Waals surface area contributed by atoms with Crippen LogP contribution in [0.1, 0.15) is 36.0 Å². The van der Waals surface area contributed by atoms with Gasteiger partial charge in [-0.1, -0.05) is 0 Å². The van der Waals surface area contributed by atoms with Gasteiger partial charge in [-0.25, -0.2) is 24.4 Å². The van der Waals surface area contributed by atoms with Crippen LogP contribution in [0.2, 0.25) is 0 Å². The Hall–Kier alpha value is -3.57. The van der Waals surface area contributed by atoms with Crippen molar-refractivity contribution in [1.29, 1.82) is 0 Å². The molecule has 156 valence electrons. The van der Waals surface area contributed by atoms with Crippen LogP contribution >= 0.6 is 11.3 Å². The quantitative estimate of drug-likeness (QED) is 0.359. The molecule has 0 saturated carbocycles. The van der Waals surface area contributed by atoms with Gasteiger partial charge in [0.15, 0.2) is 0 Å². The Kier molecular flexibility index (Phi) is 6.23. The van der Waals surface area contributed by atoms with Crippen LogP contribution in [0.4, 0.5) is 11.5 Å². The number of carboxylic acids is 2. The number of carbonyl (C=O) groups is 3. The minimum Gasteiger partial charge on any atom is -0.478 e. The molecular weight excluding hydrogens is 414 g/mol. The van der Waals surface area contributed by atoms with Crippen LogP contribution in [0.5, 0.6) is 0 Å². The van der Waals surface area contributed by atoms with E-state index in [0.29, 0.717) is 26.5 Å². The number of methoxy groups -OCH3 is 1. The van der Waals surface area contributed by atoms with Crippen molar-refractivity contribution in [1.82, 2.24) is 9.97 Å². The number of aromatic carboxylic acids is 2. The Morgan fingerprint density at radius 2 is 1.73 bits per heavy atom. The van der Waals surface area contributed by atoms with Crippen molar-refractivity contribution in [2.45, 2.75) is 6.92 Å². The number of nitrogens with zero attached hydrogens (tertiary/aromatic N) is 2. The zero-order valence-corrected chi connectivity index (χ0v) is 16.8. The number of carboxylic acid groups (broad SMARTS) is 2. The third-order valence-electron chi connectivity index (χ3n) is 4.12. The van der Waals surface area contributed by atoms with E-state index < -0.39 is 17.9 Å². The summed E-state index contributed by atoms with van der Waals surface area (Å²) in [5, 5.41) is 22.0. The van der Waals surface area contributed by atoms with Gasteiger partial charge in [0.2, 0.25) is 0 Å². The van der Waals surface area contributed by atoms with E-state index in [9.17, 15) is 24.6 Å². The molecule has 0 spiro atoms. The summed E-state index contributed by atoms with van der Waals surface area (Å²) >= 11 is 1.14. The van der Waals surface area contributed by atoms with Crippen molar-refractivity contribution in [2.75, 3.05) is 25.6 Å². The van der Waals surface area contributed by atoms with E-state index in [1.807, 2.05) is 0 Å². The fraction of sp³-hybridized carbons (Fsp3) is 0.211. The zero-order chi connectivity index (χ0) is 21.8. The third-order valence-corrected chi connectivity index (χ3v) is 5.30. The number of aryl methyl sites for hydroxylation is 1. The molecule has 0 bridgehead atoms. The van der Waals surface area contributed by atoms with Gasteiger partial charge in [0.1, 0.15) is 28.5 Å². The summed E-state index contributed by atoms with van der Waals surface area (Å²) in [6.45, 7) is 2.10. The summed E-state index contributed by atoms with van der Waals surface area (Å²) < 4.78 is 10.0. The van der Waals surface area contributed by atoms with Crippen LogP contribution < -0.4 is 5.32 Å². The van der Waals surface area contributed by atoms with E-state index >= 15 is 0 Å². The third kappa shape index (κ3) is 4.36. The molecule has 0 aliphatic heterocycles. The van der Waals surface area contributed by atoms with Crippen molar-refractivity contribution in [3.63, 3.8) is 0 Å². The highest BCUT2D eigenvalue weighted by Gasteiger charge is 2.21. The number of benzene rings is 1. The molecule has 0 fully saturated rings. The molecule has 0 aliphatic carbocycles. The molecule has 30 heavy (non-hydrogen) atoms. The van der Waals surface area contributed by atoms with E-state index in [-0.39, 0.29) is 30.0 Å². The highest BCUT2D eigenvalue weighted by atomic mass is 32.1. The predicted octanol–water partition coefficient (Wildman–Crippen LogP) is 2.94. The Bertz CT molecular complexity index is 1110. The van der Waals surface area contributed by atoms with Crippen molar-refractivity contribution in [2.24, 2.45) is 0 Å². The molecule has 3 N–H and O–H groups in total. The van der Waals surface area contributed by atoms with Gasteiger partial charge in [-0.15, -0.1) is 11.3 Å². The van der Waals surface area contributed by atoms with E-state index in [4.69, 9.17) is 9.47 Å². The molecule has 3 rings (SSSR count). The number of nitrogens with one attached hydrogen (secondary N) is 1. The SMILES string of the molecule is COCCOC(=O)c1sc2ncnc(Nc3cc(C(=O)O)cc(C(=O)O)c3)c2c1C. The molecule has 1 aromatic carbocycles. The molecule has 0 aliphatic rings. The lowest BCUT2D eigenvalue weighted by atomic mass is 10.1.